The summed E-state index contributed by atoms with van der Waals surface area (Å²) in [6.07, 6.45) is 14.1. The van der Waals surface area contributed by atoms with Crippen molar-refractivity contribution >= 4 is 0 Å². The molecule has 0 atom stereocenters. The number of hydrogen-bond acceptors (Lipinski definition) is 4. The molecule has 2 N–H and O–H groups in total. The standard InChI is InChI=1S/C32H52N2O2/c35-27-17-5-3-15-25-33(29-31-19-9-7-10-20-31)23-13-1-2-14-24-34(26-16-4-6-18-28-36)30-32-21-11-8-12-22-32/h7-12,19-22,35-36H,1-6,13-18,23-30H2. The van der Waals surface area contributed by atoms with Crippen LogP contribution in [0, 0.1) is 0 Å². The minimum absolute atomic E-state index is 0.320. The summed E-state index contributed by atoms with van der Waals surface area (Å²) in [5, 5.41) is 18.0. The van der Waals surface area contributed by atoms with Crippen LogP contribution in [-0.4, -0.2) is 59.4 Å². The van der Waals surface area contributed by atoms with E-state index in [0.717, 1.165) is 51.9 Å². The van der Waals surface area contributed by atoms with Gasteiger partial charge < -0.3 is 10.2 Å². The van der Waals surface area contributed by atoms with E-state index in [1.54, 1.807) is 0 Å². The van der Waals surface area contributed by atoms with Crippen LogP contribution in [0.15, 0.2) is 60.7 Å². The Labute approximate surface area is 221 Å². The van der Waals surface area contributed by atoms with E-state index >= 15 is 0 Å². The van der Waals surface area contributed by atoms with Crippen LogP contribution in [0.2, 0.25) is 0 Å². The molecule has 202 valence electrons. The Balaban J connectivity index is 1.69. The van der Waals surface area contributed by atoms with Crippen molar-refractivity contribution in [2.75, 3.05) is 39.4 Å². The van der Waals surface area contributed by atoms with Crippen LogP contribution in [0.4, 0.5) is 0 Å². The van der Waals surface area contributed by atoms with Gasteiger partial charge in [0, 0.05) is 26.3 Å². The number of rotatable bonds is 23. The van der Waals surface area contributed by atoms with E-state index < -0.39 is 0 Å². The number of unbranched alkanes of at least 4 members (excludes halogenated alkanes) is 9. The predicted octanol–water partition coefficient (Wildman–Crippen LogP) is 6.66. The molecule has 0 bridgehead atoms. The van der Waals surface area contributed by atoms with Crippen molar-refractivity contribution in [3.63, 3.8) is 0 Å². The highest BCUT2D eigenvalue weighted by Gasteiger charge is 2.08. The fraction of sp³-hybridized carbons (Fsp3) is 0.625. The quantitative estimate of drug-likeness (QED) is 0.169. The van der Waals surface area contributed by atoms with E-state index in [2.05, 4.69) is 70.5 Å². The maximum absolute atomic E-state index is 9.02. The van der Waals surface area contributed by atoms with Gasteiger partial charge in [-0.1, -0.05) is 99.2 Å². The van der Waals surface area contributed by atoms with Crippen LogP contribution in [0.5, 0.6) is 0 Å². The monoisotopic (exact) mass is 496 g/mol. The van der Waals surface area contributed by atoms with Crippen LogP contribution in [0.3, 0.4) is 0 Å². The first kappa shape index (κ1) is 30.5. The Morgan fingerprint density at radius 1 is 0.389 bits per heavy atom. The summed E-state index contributed by atoms with van der Waals surface area (Å²) in [5.41, 5.74) is 2.81. The summed E-state index contributed by atoms with van der Waals surface area (Å²) in [7, 11) is 0. The molecule has 0 heterocycles. The third-order valence-electron chi connectivity index (χ3n) is 6.96. The normalized spacial score (nSPS) is 11.6. The maximum Gasteiger partial charge on any atom is 0.0431 e. The van der Waals surface area contributed by atoms with Crippen LogP contribution in [0.1, 0.15) is 88.2 Å². The van der Waals surface area contributed by atoms with Crippen molar-refractivity contribution < 1.29 is 10.2 Å². The first-order chi connectivity index (χ1) is 17.8. The van der Waals surface area contributed by atoms with E-state index in [1.807, 2.05) is 0 Å². The van der Waals surface area contributed by atoms with Gasteiger partial charge in [-0.15, -0.1) is 0 Å². The smallest absolute Gasteiger partial charge is 0.0431 e. The van der Waals surface area contributed by atoms with E-state index in [4.69, 9.17) is 10.2 Å². The zero-order valence-corrected chi connectivity index (χ0v) is 22.7. The summed E-state index contributed by atoms with van der Waals surface area (Å²) in [6, 6.07) is 21.7. The molecule has 0 aliphatic carbocycles. The SMILES string of the molecule is OCCCCCCN(CCCCCCN(CCCCCCO)Cc1ccccc1)Cc1ccccc1. The molecule has 4 nitrogen and oxygen atoms in total. The second-order valence-electron chi connectivity index (χ2n) is 10.2. The number of hydrogen-bond donors (Lipinski definition) is 2. The molecule has 0 aliphatic heterocycles. The maximum atomic E-state index is 9.02. The lowest BCUT2D eigenvalue weighted by Gasteiger charge is -2.23. The lowest BCUT2D eigenvalue weighted by atomic mass is 10.1. The predicted molar refractivity (Wildman–Crippen MR) is 153 cm³/mol. The van der Waals surface area contributed by atoms with Gasteiger partial charge in [0.25, 0.3) is 0 Å². The van der Waals surface area contributed by atoms with Gasteiger partial charge in [0.1, 0.15) is 0 Å². The van der Waals surface area contributed by atoms with E-state index in [-0.39, 0.29) is 0 Å². The number of nitrogens with zero attached hydrogens (tertiary/aromatic N) is 2. The Morgan fingerprint density at radius 2 is 0.694 bits per heavy atom. The molecular weight excluding hydrogens is 444 g/mol. The van der Waals surface area contributed by atoms with Crippen molar-refractivity contribution in [3.8, 4) is 0 Å². The zero-order chi connectivity index (χ0) is 25.5. The Bertz CT molecular complexity index is 662. The van der Waals surface area contributed by atoms with Crippen molar-refractivity contribution in [1.29, 1.82) is 0 Å². The second kappa shape index (κ2) is 21.4. The van der Waals surface area contributed by atoms with Crippen molar-refractivity contribution in [2.24, 2.45) is 0 Å². The second-order valence-corrected chi connectivity index (χ2v) is 10.2. The molecule has 36 heavy (non-hydrogen) atoms. The summed E-state index contributed by atoms with van der Waals surface area (Å²) < 4.78 is 0. The number of benzene rings is 2. The van der Waals surface area contributed by atoms with Crippen LogP contribution in [0.25, 0.3) is 0 Å². The first-order valence-electron chi connectivity index (χ1n) is 14.6. The molecule has 0 fully saturated rings. The number of aliphatic hydroxyl groups excluding tert-OH is 2. The van der Waals surface area contributed by atoms with Crippen LogP contribution < -0.4 is 0 Å². The summed E-state index contributed by atoms with van der Waals surface area (Å²) in [5.74, 6) is 0. The third-order valence-corrected chi connectivity index (χ3v) is 6.96. The third kappa shape index (κ3) is 15.4. The minimum Gasteiger partial charge on any atom is -0.396 e. The fourth-order valence-electron chi connectivity index (χ4n) is 4.85. The average Bonchev–Trinajstić information content (AvgIpc) is 2.91. The highest BCUT2D eigenvalue weighted by molar-refractivity contribution is 5.15. The van der Waals surface area contributed by atoms with Gasteiger partial charge in [-0.25, -0.2) is 0 Å². The molecule has 0 aromatic heterocycles. The molecule has 2 aromatic rings. The Morgan fingerprint density at radius 3 is 1.00 bits per heavy atom. The average molecular weight is 497 g/mol. The topological polar surface area (TPSA) is 46.9 Å². The summed E-state index contributed by atoms with van der Waals surface area (Å²) in [4.78, 5) is 5.25. The highest BCUT2D eigenvalue weighted by atomic mass is 16.3. The van der Waals surface area contributed by atoms with Crippen LogP contribution in [-0.2, 0) is 13.1 Å². The van der Waals surface area contributed by atoms with Crippen molar-refractivity contribution in [3.05, 3.63) is 71.8 Å². The van der Waals surface area contributed by atoms with Crippen molar-refractivity contribution in [2.45, 2.75) is 90.1 Å². The molecule has 0 radical (unpaired) electrons. The largest absolute Gasteiger partial charge is 0.396 e. The van der Waals surface area contributed by atoms with E-state index in [9.17, 15) is 0 Å². The molecule has 0 spiro atoms. The molecule has 0 saturated carbocycles. The van der Waals surface area contributed by atoms with Gasteiger partial charge >= 0.3 is 0 Å². The molecule has 2 aromatic carbocycles. The molecule has 0 amide bonds. The molecule has 0 aliphatic rings. The van der Waals surface area contributed by atoms with Crippen LogP contribution >= 0.6 is 0 Å². The van der Waals surface area contributed by atoms with Gasteiger partial charge in [0.05, 0.1) is 0 Å². The van der Waals surface area contributed by atoms with Gasteiger partial charge in [-0.3, -0.25) is 9.80 Å². The minimum atomic E-state index is 0.320. The number of aliphatic hydroxyl groups is 2. The summed E-state index contributed by atoms with van der Waals surface area (Å²) >= 11 is 0. The van der Waals surface area contributed by atoms with Gasteiger partial charge in [-0.2, -0.15) is 0 Å². The molecule has 0 saturated heterocycles. The van der Waals surface area contributed by atoms with Gasteiger partial charge in [-0.05, 0) is 75.8 Å². The van der Waals surface area contributed by atoms with Crippen molar-refractivity contribution in [1.82, 2.24) is 9.80 Å². The lowest BCUT2D eigenvalue weighted by molar-refractivity contribution is 0.238. The highest BCUT2D eigenvalue weighted by Crippen LogP contribution is 2.12. The zero-order valence-electron chi connectivity index (χ0n) is 22.7. The molecule has 0 unspecified atom stereocenters. The first-order valence-corrected chi connectivity index (χ1v) is 14.6. The van der Waals surface area contributed by atoms with Gasteiger partial charge in [0.15, 0.2) is 0 Å². The summed E-state index contributed by atoms with van der Waals surface area (Å²) in [6.45, 7) is 7.38. The lowest BCUT2D eigenvalue weighted by Crippen LogP contribution is -2.26. The fourth-order valence-corrected chi connectivity index (χ4v) is 4.85. The molecule has 2 rings (SSSR count). The molecule has 4 heteroatoms. The Hall–Kier alpha value is -1.72. The Kier molecular flexibility index (Phi) is 18.1. The molecular formula is C32H52N2O2. The van der Waals surface area contributed by atoms with E-state index in [0.29, 0.717) is 13.2 Å². The van der Waals surface area contributed by atoms with Gasteiger partial charge in [0.2, 0.25) is 0 Å². The van der Waals surface area contributed by atoms with E-state index in [1.165, 1.54) is 75.6 Å².